The first-order chi connectivity index (χ1) is 13.2. The Morgan fingerprint density at radius 1 is 1.29 bits per heavy atom. The summed E-state index contributed by atoms with van der Waals surface area (Å²) in [5, 5.41) is 7.01. The lowest BCUT2D eigenvalue weighted by molar-refractivity contribution is -0.168. The lowest BCUT2D eigenvalue weighted by atomic mass is 9.51. The normalized spacial score (nSPS) is 22.6. The summed E-state index contributed by atoms with van der Waals surface area (Å²) < 4.78 is 16.8. The average Bonchev–Trinajstić information content (AvgIpc) is 2.62. The molecule has 2 saturated carbocycles. The van der Waals surface area contributed by atoms with Crippen molar-refractivity contribution in [3.8, 4) is 5.75 Å². The van der Waals surface area contributed by atoms with Crippen molar-refractivity contribution in [2.75, 3.05) is 39.3 Å². The summed E-state index contributed by atoms with van der Waals surface area (Å²) in [6.07, 6.45) is 6.12. The first-order valence-corrected chi connectivity index (χ1v) is 10.1. The predicted molar refractivity (Wildman–Crippen MR) is 124 cm³/mol. The molecule has 2 aliphatic carbocycles. The topological polar surface area (TPSA) is 64.1 Å². The maximum atomic E-state index is 5.94. The fourth-order valence-electron chi connectivity index (χ4n) is 4.16. The highest BCUT2D eigenvalue weighted by atomic mass is 127. The molecule has 1 aromatic carbocycles. The first kappa shape index (κ1) is 23.2. The third kappa shape index (κ3) is 5.30. The van der Waals surface area contributed by atoms with E-state index in [2.05, 4.69) is 22.5 Å². The van der Waals surface area contributed by atoms with Crippen LogP contribution < -0.4 is 15.4 Å². The van der Waals surface area contributed by atoms with E-state index in [-0.39, 0.29) is 24.0 Å². The Morgan fingerprint density at radius 3 is 2.75 bits per heavy atom. The van der Waals surface area contributed by atoms with Gasteiger partial charge in [-0.05, 0) is 38.3 Å². The minimum absolute atomic E-state index is 0. The van der Waals surface area contributed by atoms with Crippen molar-refractivity contribution in [1.82, 2.24) is 5.32 Å². The van der Waals surface area contributed by atoms with Gasteiger partial charge in [-0.25, -0.2) is 0 Å². The number of rotatable bonds is 9. The smallest absolute Gasteiger partial charge is 0.195 e. The van der Waals surface area contributed by atoms with Crippen molar-refractivity contribution in [3.05, 3.63) is 24.3 Å². The maximum Gasteiger partial charge on any atom is 0.195 e. The summed E-state index contributed by atoms with van der Waals surface area (Å²) in [5.41, 5.74) is 1.27. The summed E-state index contributed by atoms with van der Waals surface area (Å²) in [6.45, 7) is 4.23. The molecule has 0 aromatic heterocycles. The van der Waals surface area contributed by atoms with E-state index in [1.54, 1.807) is 7.11 Å². The van der Waals surface area contributed by atoms with Crippen LogP contribution >= 0.6 is 24.0 Å². The second kappa shape index (κ2) is 11.2. The second-order valence-corrected chi connectivity index (χ2v) is 7.38. The van der Waals surface area contributed by atoms with Crippen molar-refractivity contribution >= 4 is 35.6 Å². The third-order valence-electron chi connectivity index (χ3n) is 5.83. The Kier molecular flexibility index (Phi) is 9.30. The number of halogens is 1. The Bertz CT molecular complexity index is 637. The number of ether oxygens (including phenoxy) is 3. The van der Waals surface area contributed by atoms with Gasteiger partial charge in [-0.2, -0.15) is 0 Å². The van der Waals surface area contributed by atoms with Crippen LogP contribution in [0.3, 0.4) is 0 Å². The van der Waals surface area contributed by atoms with Crippen molar-refractivity contribution in [2.45, 2.75) is 51.2 Å². The molecule has 7 heteroatoms. The molecular weight excluding hydrogens is 469 g/mol. The lowest BCUT2D eigenvalue weighted by Crippen LogP contribution is -2.68. The molecular formula is C21H34IN3O3. The number of hydrogen-bond acceptors (Lipinski definition) is 4. The standard InChI is InChI=1S/C21H33N3O3.HI/c1-4-26-19-15-18(21(19)10-6-11-21)24-20(22-2)23-16-8-5-9-17(14-16)27-13-7-12-25-3;/h5,8-9,14,18-19H,4,6-7,10-13,15H2,1-3H3,(H2,22,23,24);1H. The number of anilines is 1. The minimum atomic E-state index is 0. The monoisotopic (exact) mass is 503 g/mol. The van der Waals surface area contributed by atoms with Crippen molar-refractivity contribution in [3.63, 3.8) is 0 Å². The van der Waals surface area contributed by atoms with Gasteiger partial charge in [0.25, 0.3) is 0 Å². The van der Waals surface area contributed by atoms with Crippen LogP contribution in [0.5, 0.6) is 5.75 Å². The Balaban J connectivity index is 0.00000280. The largest absolute Gasteiger partial charge is 0.493 e. The molecule has 0 heterocycles. The lowest BCUT2D eigenvalue weighted by Gasteiger charge is -2.61. The van der Waals surface area contributed by atoms with Crippen LogP contribution in [0, 0.1) is 5.41 Å². The van der Waals surface area contributed by atoms with E-state index < -0.39 is 0 Å². The van der Waals surface area contributed by atoms with Crippen LogP contribution in [0.2, 0.25) is 0 Å². The molecule has 1 spiro atoms. The maximum absolute atomic E-state index is 5.94. The number of nitrogens with one attached hydrogen (secondary N) is 2. The van der Waals surface area contributed by atoms with E-state index in [1.807, 2.05) is 31.3 Å². The molecule has 2 fully saturated rings. The van der Waals surface area contributed by atoms with Gasteiger partial charge in [0, 0.05) is 57.0 Å². The number of benzene rings is 1. The molecule has 0 aliphatic heterocycles. The minimum Gasteiger partial charge on any atom is -0.493 e. The first-order valence-electron chi connectivity index (χ1n) is 10.1. The predicted octanol–water partition coefficient (Wildman–Crippen LogP) is 4.05. The molecule has 158 valence electrons. The summed E-state index contributed by atoms with van der Waals surface area (Å²) in [6, 6.07) is 8.42. The average molecular weight is 503 g/mol. The van der Waals surface area contributed by atoms with Crippen LogP contribution in [0.4, 0.5) is 5.69 Å². The van der Waals surface area contributed by atoms with Gasteiger partial charge in [-0.15, -0.1) is 24.0 Å². The zero-order valence-corrected chi connectivity index (χ0v) is 19.5. The summed E-state index contributed by atoms with van der Waals surface area (Å²) in [7, 11) is 3.52. The van der Waals surface area contributed by atoms with Crippen LogP contribution in [0.25, 0.3) is 0 Å². The quantitative estimate of drug-likeness (QED) is 0.231. The Labute approximate surface area is 185 Å². The summed E-state index contributed by atoms with van der Waals surface area (Å²) in [4.78, 5) is 4.41. The highest BCUT2D eigenvalue weighted by molar-refractivity contribution is 14.0. The Morgan fingerprint density at radius 2 is 2.11 bits per heavy atom. The molecule has 0 bridgehead atoms. The van der Waals surface area contributed by atoms with Crippen molar-refractivity contribution in [2.24, 2.45) is 10.4 Å². The molecule has 2 unspecified atom stereocenters. The fraction of sp³-hybridized carbons (Fsp3) is 0.667. The molecule has 2 aliphatic rings. The third-order valence-corrected chi connectivity index (χ3v) is 5.83. The number of hydrogen-bond donors (Lipinski definition) is 2. The molecule has 2 atom stereocenters. The zero-order chi connectivity index (χ0) is 19.1. The molecule has 28 heavy (non-hydrogen) atoms. The molecule has 2 N–H and O–H groups in total. The molecule has 0 radical (unpaired) electrons. The van der Waals surface area contributed by atoms with Gasteiger partial charge in [0.05, 0.1) is 12.7 Å². The number of guanidine groups is 1. The van der Waals surface area contributed by atoms with Gasteiger partial charge in [0.1, 0.15) is 5.75 Å². The summed E-state index contributed by atoms with van der Waals surface area (Å²) >= 11 is 0. The molecule has 0 saturated heterocycles. The van der Waals surface area contributed by atoms with Crippen molar-refractivity contribution in [1.29, 1.82) is 0 Å². The highest BCUT2D eigenvalue weighted by Gasteiger charge is 2.59. The van der Waals surface area contributed by atoms with Gasteiger partial charge in [-0.1, -0.05) is 12.5 Å². The van der Waals surface area contributed by atoms with E-state index in [4.69, 9.17) is 14.2 Å². The molecule has 0 amide bonds. The van der Waals surface area contributed by atoms with Gasteiger partial charge in [0.2, 0.25) is 0 Å². The number of methoxy groups -OCH3 is 1. The van der Waals surface area contributed by atoms with Gasteiger partial charge >= 0.3 is 0 Å². The zero-order valence-electron chi connectivity index (χ0n) is 17.2. The summed E-state index contributed by atoms with van der Waals surface area (Å²) in [5.74, 6) is 1.65. The van der Waals surface area contributed by atoms with Crippen LogP contribution in [-0.4, -0.2) is 52.1 Å². The van der Waals surface area contributed by atoms with Gasteiger partial charge in [-0.3, -0.25) is 4.99 Å². The van der Waals surface area contributed by atoms with Crippen LogP contribution in [-0.2, 0) is 9.47 Å². The fourth-order valence-corrected chi connectivity index (χ4v) is 4.16. The number of aliphatic imine (C=N–C) groups is 1. The van der Waals surface area contributed by atoms with E-state index in [1.165, 1.54) is 19.3 Å². The van der Waals surface area contributed by atoms with E-state index in [0.29, 0.717) is 30.8 Å². The number of nitrogens with zero attached hydrogens (tertiary/aromatic N) is 1. The highest BCUT2D eigenvalue weighted by Crippen LogP contribution is 2.57. The molecule has 1 aromatic rings. The molecule has 3 rings (SSSR count). The Hall–Kier alpha value is -1.06. The SMILES string of the molecule is CCOC1CC(NC(=NC)Nc2cccc(OCCCOC)c2)C12CCC2.I. The van der Waals surface area contributed by atoms with E-state index in [0.717, 1.165) is 36.8 Å². The second-order valence-electron chi connectivity index (χ2n) is 7.38. The van der Waals surface area contributed by atoms with Crippen LogP contribution in [0.1, 0.15) is 39.0 Å². The van der Waals surface area contributed by atoms with E-state index >= 15 is 0 Å². The van der Waals surface area contributed by atoms with Gasteiger partial charge < -0.3 is 24.8 Å². The van der Waals surface area contributed by atoms with E-state index in [9.17, 15) is 0 Å². The van der Waals surface area contributed by atoms with Crippen LogP contribution in [0.15, 0.2) is 29.3 Å². The molecule has 6 nitrogen and oxygen atoms in total. The van der Waals surface area contributed by atoms with Gasteiger partial charge in [0.15, 0.2) is 5.96 Å². The van der Waals surface area contributed by atoms with Crippen molar-refractivity contribution < 1.29 is 14.2 Å².